The monoisotopic (exact) mass is 310 g/mol. The highest BCUT2D eigenvalue weighted by atomic mass is 32.1. The van der Waals surface area contributed by atoms with E-state index in [1.807, 2.05) is 27.1 Å². The first-order valence-corrected chi connectivity index (χ1v) is 7.54. The summed E-state index contributed by atoms with van der Waals surface area (Å²) < 4.78 is 0. The molecule has 5 nitrogen and oxygen atoms in total. The zero-order valence-corrected chi connectivity index (χ0v) is 13.7. The van der Waals surface area contributed by atoms with Gasteiger partial charge in [-0.05, 0) is 51.7 Å². The van der Waals surface area contributed by atoms with Gasteiger partial charge in [-0.15, -0.1) is 11.3 Å². The SMILES string of the molecule is Cc1cc(C(=O)N(C)CCCN(C)C)sc1/C=C/C(=O)O. The van der Waals surface area contributed by atoms with Crippen LogP contribution in [0.15, 0.2) is 12.1 Å². The van der Waals surface area contributed by atoms with Gasteiger partial charge in [0.1, 0.15) is 0 Å². The number of rotatable bonds is 7. The zero-order valence-electron chi connectivity index (χ0n) is 12.9. The second-order valence-electron chi connectivity index (χ2n) is 5.21. The summed E-state index contributed by atoms with van der Waals surface area (Å²) >= 11 is 1.33. The molecular weight excluding hydrogens is 288 g/mol. The molecule has 0 aliphatic rings. The number of aliphatic carboxylic acids is 1. The minimum Gasteiger partial charge on any atom is -0.478 e. The van der Waals surface area contributed by atoms with E-state index in [2.05, 4.69) is 4.90 Å². The van der Waals surface area contributed by atoms with Crippen LogP contribution in [0, 0.1) is 6.92 Å². The number of hydrogen-bond acceptors (Lipinski definition) is 4. The fourth-order valence-corrected chi connectivity index (χ4v) is 2.90. The largest absolute Gasteiger partial charge is 0.478 e. The standard InChI is InChI=1S/C15H22N2O3S/c1-11-10-13(21-12(11)6-7-14(18)19)15(20)17(4)9-5-8-16(2)3/h6-7,10H,5,8-9H2,1-4H3,(H,18,19)/b7-6+. The number of thiophene rings is 1. The fourth-order valence-electron chi connectivity index (χ4n) is 1.83. The average molecular weight is 310 g/mol. The Morgan fingerprint density at radius 3 is 2.52 bits per heavy atom. The van der Waals surface area contributed by atoms with E-state index in [0.29, 0.717) is 11.4 Å². The maximum absolute atomic E-state index is 12.3. The predicted molar refractivity (Wildman–Crippen MR) is 85.9 cm³/mol. The molecule has 0 aliphatic heterocycles. The number of hydrogen-bond donors (Lipinski definition) is 1. The van der Waals surface area contributed by atoms with E-state index < -0.39 is 5.97 Å². The Morgan fingerprint density at radius 1 is 1.29 bits per heavy atom. The van der Waals surface area contributed by atoms with E-state index in [9.17, 15) is 9.59 Å². The third kappa shape index (κ3) is 5.69. The molecule has 0 saturated carbocycles. The van der Waals surface area contributed by atoms with Crippen LogP contribution in [0.1, 0.15) is 26.5 Å². The number of carbonyl (C=O) groups is 2. The van der Waals surface area contributed by atoms with Crippen LogP contribution in [0.25, 0.3) is 6.08 Å². The highest BCUT2D eigenvalue weighted by Gasteiger charge is 2.15. The smallest absolute Gasteiger partial charge is 0.328 e. The van der Waals surface area contributed by atoms with Gasteiger partial charge in [0, 0.05) is 24.5 Å². The third-order valence-corrected chi connectivity index (χ3v) is 4.18. The topological polar surface area (TPSA) is 60.9 Å². The van der Waals surface area contributed by atoms with E-state index in [0.717, 1.165) is 29.5 Å². The molecule has 0 radical (unpaired) electrons. The summed E-state index contributed by atoms with van der Waals surface area (Å²) in [6.07, 6.45) is 3.55. The Bertz CT molecular complexity index is 535. The molecule has 0 unspecified atom stereocenters. The highest BCUT2D eigenvalue weighted by molar-refractivity contribution is 7.15. The van der Waals surface area contributed by atoms with Crippen LogP contribution < -0.4 is 0 Å². The molecule has 1 rings (SSSR count). The molecule has 0 aromatic carbocycles. The maximum atomic E-state index is 12.3. The van der Waals surface area contributed by atoms with Crippen LogP contribution in [-0.4, -0.2) is 61.0 Å². The number of nitrogens with zero attached hydrogens (tertiary/aromatic N) is 2. The first-order chi connectivity index (χ1) is 9.81. The van der Waals surface area contributed by atoms with Gasteiger partial charge in [-0.25, -0.2) is 4.79 Å². The summed E-state index contributed by atoms with van der Waals surface area (Å²) in [5.41, 5.74) is 0.919. The van der Waals surface area contributed by atoms with E-state index in [1.54, 1.807) is 11.9 Å². The van der Waals surface area contributed by atoms with E-state index >= 15 is 0 Å². The van der Waals surface area contributed by atoms with E-state index in [1.165, 1.54) is 17.4 Å². The molecule has 0 bridgehead atoms. The molecule has 0 atom stereocenters. The predicted octanol–water partition coefficient (Wildman–Crippen LogP) is 2.18. The number of amides is 1. The van der Waals surface area contributed by atoms with E-state index in [-0.39, 0.29) is 5.91 Å². The van der Waals surface area contributed by atoms with Crippen molar-refractivity contribution in [3.05, 3.63) is 27.5 Å². The summed E-state index contributed by atoms with van der Waals surface area (Å²) in [6, 6.07) is 1.82. The van der Waals surface area contributed by atoms with Gasteiger partial charge in [-0.3, -0.25) is 4.79 Å². The summed E-state index contributed by atoms with van der Waals surface area (Å²) in [5, 5.41) is 8.65. The van der Waals surface area contributed by atoms with Crippen molar-refractivity contribution in [3.63, 3.8) is 0 Å². The van der Waals surface area contributed by atoms with Crippen molar-refractivity contribution in [1.29, 1.82) is 0 Å². The molecule has 1 aromatic rings. The summed E-state index contributed by atoms with van der Waals surface area (Å²) in [6.45, 7) is 3.52. The first-order valence-electron chi connectivity index (χ1n) is 6.73. The van der Waals surface area contributed by atoms with Crippen molar-refractivity contribution >= 4 is 29.3 Å². The Balaban J connectivity index is 2.70. The Hall–Kier alpha value is -1.66. The number of aryl methyl sites for hydroxylation is 1. The van der Waals surface area contributed by atoms with Gasteiger partial charge in [0.25, 0.3) is 5.91 Å². The molecule has 116 valence electrons. The molecule has 0 saturated heterocycles. The van der Waals surface area contributed by atoms with Gasteiger partial charge in [0.2, 0.25) is 0 Å². The molecule has 6 heteroatoms. The van der Waals surface area contributed by atoms with Crippen LogP contribution in [0.2, 0.25) is 0 Å². The number of carboxylic acids is 1. The van der Waals surface area contributed by atoms with Crippen molar-refractivity contribution in [2.75, 3.05) is 34.2 Å². The third-order valence-electron chi connectivity index (χ3n) is 2.99. The van der Waals surface area contributed by atoms with Crippen molar-refractivity contribution in [3.8, 4) is 0 Å². The first kappa shape index (κ1) is 17.4. The lowest BCUT2D eigenvalue weighted by atomic mass is 10.2. The van der Waals surface area contributed by atoms with Gasteiger partial charge >= 0.3 is 5.97 Å². The van der Waals surface area contributed by atoms with Gasteiger partial charge in [0.15, 0.2) is 0 Å². The van der Waals surface area contributed by atoms with Crippen molar-refractivity contribution in [2.45, 2.75) is 13.3 Å². The minimum absolute atomic E-state index is 0.0168. The van der Waals surface area contributed by atoms with Gasteiger partial charge in [-0.2, -0.15) is 0 Å². The molecule has 1 N–H and O–H groups in total. The van der Waals surface area contributed by atoms with Gasteiger partial charge in [-0.1, -0.05) is 0 Å². The Morgan fingerprint density at radius 2 is 1.95 bits per heavy atom. The van der Waals surface area contributed by atoms with Crippen LogP contribution in [0.5, 0.6) is 0 Å². The van der Waals surface area contributed by atoms with Crippen LogP contribution in [0.4, 0.5) is 0 Å². The van der Waals surface area contributed by atoms with Crippen molar-refractivity contribution in [1.82, 2.24) is 9.80 Å². The molecule has 0 aliphatic carbocycles. The normalized spacial score (nSPS) is 11.3. The number of carboxylic acid groups (broad SMARTS) is 1. The Kier molecular flexibility index (Phi) is 6.58. The van der Waals surface area contributed by atoms with Crippen LogP contribution in [-0.2, 0) is 4.79 Å². The van der Waals surface area contributed by atoms with Crippen molar-refractivity contribution in [2.24, 2.45) is 0 Å². The zero-order chi connectivity index (χ0) is 16.0. The van der Waals surface area contributed by atoms with E-state index in [4.69, 9.17) is 5.11 Å². The minimum atomic E-state index is -0.989. The molecular formula is C15H22N2O3S. The lowest BCUT2D eigenvalue weighted by Crippen LogP contribution is -2.29. The molecule has 21 heavy (non-hydrogen) atoms. The van der Waals surface area contributed by atoms with Gasteiger partial charge < -0.3 is 14.9 Å². The quantitative estimate of drug-likeness (QED) is 0.784. The Labute approximate surface area is 129 Å². The highest BCUT2D eigenvalue weighted by Crippen LogP contribution is 2.24. The molecule has 0 spiro atoms. The fraction of sp³-hybridized carbons (Fsp3) is 0.467. The summed E-state index contributed by atoms with van der Waals surface area (Å²) in [5.74, 6) is -1.01. The maximum Gasteiger partial charge on any atom is 0.328 e. The van der Waals surface area contributed by atoms with Crippen LogP contribution >= 0.6 is 11.3 Å². The second-order valence-corrected chi connectivity index (χ2v) is 6.30. The lowest BCUT2D eigenvalue weighted by Gasteiger charge is -2.17. The molecule has 0 fully saturated rings. The summed E-state index contributed by atoms with van der Waals surface area (Å²) in [4.78, 5) is 28.1. The van der Waals surface area contributed by atoms with Crippen molar-refractivity contribution < 1.29 is 14.7 Å². The summed E-state index contributed by atoms with van der Waals surface area (Å²) in [7, 11) is 5.80. The molecule has 1 aromatic heterocycles. The second kappa shape index (κ2) is 7.95. The van der Waals surface area contributed by atoms with Crippen LogP contribution in [0.3, 0.4) is 0 Å². The lowest BCUT2D eigenvalue weighted by molar-refractivity contribution is -0.131. The molecule has 1 heterocycles. The number of carbonyl (C=O) groups excluding carboxylic acids is 1. The average Bonchev–Trinajstić information content (AvgIpc) is 2.76. The molecule has 1 amide bonds. The van der Waals surface area contributed by atoms with Gasteiger partial charge in [0.05, 0.1) is 4.88 Å².